The molecule has 1 N–H and O–H groups in total. The van der Waals surface area contributed by atoms with Gasteiger partial charge in [-0.1, -0.05) is 25.1 Å². The molecule has 0 atom stereocenters. The van der Waals surface area contributed by atoms with Crippen LogP contribution in [-0.4, -0.2) is 19.1 Å². The first-order valence-corrected chi connectivity index (χ1v) is 7.56. The Morgan fingerprint density at radius 2 is 2.00 bits per heavy atom. The van der Waals surface area contributed by atoms with Gasteiger partial charge >= 0.3 is 0 Å². The van der Waals surface area contributed by atoms with Crippen molar-refractivity contribution >= 4 is 16.7 Å². The lowest BCUT2D eigenvalue weighted by atomic mass is 9.97. The van der Waals surface area contributed by atoms with Gasteiger partial charge in [-0.25, -0.2) is 0 Å². The first-order chi connectivity index (χ1) is 10.1. The summed E-state index contributed by atoms with van der Waals surface area (Å²) in [6.07, 6.45) is 1.84. The molecule has 0 aliphatic rings. The van der Waals surface area contributed by atoms with Crippen LogP contribution in [0.25, 0.3) is 10.8 Å². The number of nitrogens with one attached hydrogen (secondary N) is 1. The third-order valence-electron chi connectivity index (χ3n) is 3.56. The Labute approximate surface area is 126 Å². The molecule has 0 spiro atoms. The standard InChI is InChI=1S/C18H23NO2/c1-4-14-10-15-6-7-17(21-5-2)12-18(15)16(11-14)8-9-19-13(3)20/h6-7,10-12H,4-5,8-9H2,1-3H3,(H,19,20). The molecule has 0 aromatic heterocycles. The maximum absolute atomic E-state index is 11.0. The zero-order valence-corrected chi connectivity index (χ0v) is 13.0. The van der Waals surface area contributed by atoms with Crippen LogP contribution in [0, 0.1) is 0 Å². The minimum absolute atomic E-state index is 0.0148. The van der Waals surface area contributed by atoms with Gasteiger partial charge in [0.1, 0.15) is 5.75 Å². The lowest BCUT2D eigenvalue weighted by molar-refractivity contribution is -0.118. The van der Waals surface area contributed by atoms with Crippen molar-refractivity contribution in [2.75, 3.05) is 13.2 Å². The largest absolute Gasteiger partial charge is 0.494 e. The first kappa shape index (κ1) is 15.4. The number of hydrogen-bond donors (Lipinski definition) is 1. The number of rotatable bonds is 6. The van der Waals surface area contributed by atoms with Crippen molar-refractivity contribution in [2.45, 2.75) is 33.6 Å². The molecule has 3 nitrogen and oxygen atoms in total. The van der Waals surface area contributed by atoms with Crippen molar-refractivity contribution in [1.29, 1.82) is 0 Å². The van der Waals surface area contributed by atoms with E-state index < -0.39 is 0 Å². The fourth-order valence-electron chi connectivity index (χ4n) is 2.52. The molecule has 0 unspecified atom stereocenters. The van der Waals surface area contributed by atoms with Gasteiger partial charge in [0.2, 0.25) is 5.91 Å². The summed E-state index contributed by atoms with van der Waals surface area (Å²) in [7, 11) is 0. The highest BCUT2D eigenvalue weighted by atomic mass is 16.5. The topological polar surface area (TPSA) is 38.3 Å². The highest BCUT2D eigenvalue weighted by Crippen LogP contribution is 2.26. The highest BCUT2D eigenvalue weighted by Gasteiger charge is 2.06. The van der Waals surface area contributed by atoms with Gasteiger partial charge in [0.15, 0.2) is 0 Å². The first-order valence-electron chi connectivity index (χ1n) is 7.56. The molecule has 0 saturated carbocycles. The van der Waals surface area contributed by atoms with Crippen LogP contribution < -0.4 is 10.1 Å². The maximum atomic E-state index is 11.0. The van der Waals surface area contributed by atoms with Crippen molar-refractivity contribution in [2.24, 2.45) is 0 Å². The van der Waals surface area contributed by atoms with Crippen LogP contribution in [0.5, 0.6) is 5.75 Å². The van der Waals surface area contributed by atoms with Crippen LogP contribution in [0.4, 0.5) is 0 Å². The summed E-state index contributed by atoms with van der Waals surface area (Å²) < 4.78 is 5.60. The number of hydrogen-bond acceptors (Lipinski definition) is 2. The molecule has 0 fully saturated rings. The Morgan fingerprint density at radius 3 is 2.67 bits per heavy atom. The molecule has 2 aromatic rings. The summed E-state index contributed by atoms with van der Waals surface area (Å²) in [5.41, 5.74) is 2.59. The highest BCUT2D eigenvalue weighted by molar-refractivity contribution is 5.88. The van der Waals surface area contributed by atoms with E-state index in [1.807, 2.05) is 13.0 Å². The van der Waals surface area contributed by atoms with E-state index in [1.54, 1.807) is 6.92 Å². The average molecular weight is 285 g/mol. The molecule has 2 rings (SSSR count). The van der Waals surface area contributed by atoms with E-state index in [0.29, 0.717) is 13.2 Å². The Balaban J connectivity index is 2.37. The lowest BCUT2D eigenvalue weighted by Crippen LogP contribution is -2.22. The van der Waals surface area contributed by atoms with Crippen molar-refractivity contribution in [3.8, 4) is 5.75 Å². The predicted octanol–water partition coefficient (Wildman–Crippen LogP) is 3.48. The summed E-state index contributed by atoms with van der Waals surface area (Å²) in [6.45, 7) is 7.03. The minimum Gasteiger partial charge on any atom is -0.494 e. The number of ether oxygens (including phenoxy) is 1. The van der Waals surface area contributed by atoms with Crippen LogP contribution in [0.1, 0.15) is 31.9 Å². The fraction of sp³-hybridized carbons (Fsp3) is 0.389. The van der Waals surface area contributed by atoms with Crippen molar-refractivity contribution < 1.29 is 9.53 Å². The molecule has 0 aliphatic carbocycles. The van der Waals surface area contributed by atoms with Gasteiger partial charge in [-0.3, -0.25) is 4.79 Å². The van der Waals surface area contributed by atoms with Crippen molar-refractivity contribution in [3.63, 3.8) is 0 Å². The van der Waals surface area contributed by atoms with Crippen LogP contribution in [0.3, 0.4) is 0 Å². The summed E-state index contributed by atoms with van der Waals surface area (Å²) >= 11 is 0. The fourth-order valence-corrected chi connectivity index (χ4v) is 2.52. The van der Waals surface area contributed by atoms with E-state index in [-0.39, 0.29) is 5.91 Å². The summed E-state index contributed by atoms with van der Waals surface area (Å²) in [5.74, 6) is 0.913. The molecule has 0 radical (unpaired) electrons. The van der Waals surface area contributed by atoms with Crippen LogP contribution in [-0.2, 0) is 17.6 Å². The van der Waals surface area contributed by atoms with E-state index in [4.69, 9.17) is 4.74 Å². The average Bonchev–Trinajstić information content (AvgIpc) is 2.47. The molecule has 0 heterocycles. The Kier molecular flexibility index (Phi) is 5.20. The number of benzene rings is 2. The molecule has 21 heavy (non-hydrogen) atoms. The number of carbonyl (C=O) groups is 1. The Hall–Kier alpha value is -2.03. The predicted molar refractivity (Wildman–Crippen MR) is 86.9 cm³/mol. The second-order valence-electron chi connectivity index (χ2n) is 5.16. The number of aryl methyl sites for hydroxylation is 1. The van der Waals surface area contributed by atoms with Crippen LogP contribution in [0.2, 0.25) is 0 Å². The summed E-state index contributed by atoms with van der Waals surface area (Å²) in [5, 5.41) is 5.31. The van der Waals surface area contributed by atoms with Crippen LogP contribution in [0.15, 0.2) is 30.3 Å². The van der Waals surface area contributed by atoms with E-state index in [1.165, 1.54) is 21.9 Å². The molecule has 112 valence electrons. The minimum atomic E-state index is 0.0148. The summed E-state index contributed by atoms with van der Waals surface area (Å²) in [4.78, 5) is 11.0. The zero-order valence-electron chi connectivity index (χ0n) is 13.0. The second-order valence-corrected chi connectivity index (χ2v) is 5.16. The normalized spacial score (nSPS) is 10.6. The van der Waals surface area contributed by atoms with E-state index in [0.717, 1.165) is 18.6 Å². The SMILES string of the molecule is CCOc1ccc2cc(CC)cc(CCNC(C)=O)c2c1. The molecule has 1 amide bonds. The molecular formula is C18H23NO2. The monoisotopic (exact) mass is 285 g/mol. The van der Waals surface area contributed by atoms with E-state index in [2.05, 4.69) is 36.5 Å². The number of amides is 1. The third-order valence-corrected chi connectivity index (χ3v) is 3.56. The van der Waals surface area contributed by atoms with Gasteiger partial charge in [-0.05, 0) is 53.8 Å². The zero-order chi connectivity index (χ0) is 15.2. The Bertz CT molecular complexity index is 634. The molecule has 3 heteroatoms. The quantitative estimate of drug-likeness (QED) is 0.882. The Morgan fingerprint density at radius 1 is 1.19 bits per heavy atom. The van der Waals surface area contributed by atoms with E-state index >= 15 is 0 Å². The lowest BCUT2D eigenvalue weighted by Gasteiger charge is -2.12. The van der Waals surface area contributed by atoms with Gasteiger partial charge in [0, 0.05) is 13.5 Å². The molecule has 2 aromatic carbocycles. The van der Waals surface area contributed by atoms with Crippen molar-refractivity contribution in [1.82, 2.24) is 5.32 Å². The van der Waals surface area contributed by atoms with E-state index in [9.17, 15) is 4.79 Å². The van der Waals surface area contributed by atoms with Gasteiger partial charge in [-0.2, -0.15) is 0 Å². The van der Waals surface area contributed by atoms with Gasteiger partial charge < -0.3 is 10.1 Å². The van der Waals surface area contributed by atoms with Crippen LogP contribution >= 0.6 is 0 Å². The molecule has 0 bridgehead atoms. The molecular weight excluding hydrogens is 262 g/mol. The van der Waals surface area contributed by atoms with Gasteiger partial charge in [-0.15, -0.1) is 0 Å². The smallest absolute Gasteiger partial charge is 0.216 e. The maximum Gasteiger partial charge on any atom is 0.216 e. The molecule has 0 saturated heterocycles. The third kappa shape index (κ3) is 3.97. The van der Waals surface area contributed by atoms with Gasteiger partial charge in [0.05, 0.1) is 6.61 Å². The summed E-state index contributed by atoms with van der Waals surface area (Å²) in [6, 6.07) is 10.7. The molecule has 0 aliphatic heterocycles. The number of carbonyl (C=O) groups excluding carboxylic acids is 1. The number of fused-ring (bicyclic) bond motifs is 1. The second kappa shape index (κ2) is 7.11. The van der Waals surface area contributed by atoms with Crippen molar-refractivity contribution in [3.05, 3.63) is 41.5 Å². The van der Waals surface area contributed by atoms with Gasteiger partial charge in [0.25, 0.3) is 0 Å².